The summed E-state index contributed by atoms with van der Waals surface area (Å²) in [6.45, 7) is 0. The van der Waals surface area contributed by atoms with Crippen molar-refractivity contribution in [3.05, 3.63) is 28.2 Å². The number of nitrogens with two attached hydrogens (primary N) is 2. The minimum Gasteiger partial charge on any atom is -0.398 e. The van der Waals surface area contributed by atoms with E-state index in [1.54, 1.807) is 0 Å². The first-order chi connectivity index (χ1) is 6.66. The van der Waals surface area contributed by atoms with Crippen molar-refractivity contribution < 1.29 is 0 Å². The molecule has 1 saturated carbocycles. The molecule has 0 radical (unpaired) electrons. The van der Waals surface area contributed by atoms with Crippen LogP contribution in [0.3, 0.4) is 0 Å². The Morgan fingerprint density at radius 3 is 2.71 bits per heavy atom. The van der Waals surface area contributed by atoms with E-state index >= 15 is 0 Å². The highest BCUT2D eigenvalue weighted by molar-refractivity contribution is 9.10. The molecule has 0 aromatic heterocycles. The highest BCUT2D eigenvalue weighted by Crippen LogP contribution is 2.38. The van der Waals surface area contributed by atoms with Gasteiger partial charge >= 0.3 is 0 Å². The molecule has 2 nitrogen and oxygen atoms in total. The maximum atomic E-state index is 6.09. The lowest BCUT2D eigenvalue weighted by Gasteiger charge is -2.14. The summed E-state index contributed by atoms with van der Waals surface area (Å²) in [6, 6.07) is 6.04. The molecule has 3 heteroatoms. The van der Waals surface area contributed by atoms with Crippen LogP contribution in [0.4, 0.5) is 5.69 Å². The van der Waals surface area contributed by atoms with E-state index < -0.39 is 0 Å². The summed E-state index contributed by atoms with van der Waals surface area (Å²) >= 11 is 3.39. The van der Waals surface area contributed by atoms with Crippen LogP contribution >= 0.6 is 15.9 Å². The van der Waals surface area contributed by atoms with E-state index in [-0.39, 0.29) is 6.04 Å². The van der Waals surface area contributed by atoms with Gasteiger partial charge in [-0.25, -0.2) is 0 Å². The molecule has 1 aromatic carbocycles. The van der Waals surface area contributed by atoms with Crippen LogP contribution in [0.15, 0.2) is 22.7 Å². The van der Waals surface area contributed by atoms with Crippen LogP contribution < -0.4 is 11.5 Å². The molecule has 1 aliphatic carbocycles. The van der Waals surface area contributed by atoms with E-state index in [0.717, 1.165) is 28.1 Å². The second kappa shape index (κ2) is 3.91. The summed E-state index contributed by atoms with van der Waals surface area (Å²) in [6.07, 6.45) is 3.75. The van der Waals surface area contributed by atoms with Crippen LogP contribution in [0.2, 0.25) is 0 Å². The molecular formula is C11H15BrN2. The first-order valence-electron chi connectivity index (χ1n) is 4.97. The highest BCUT2D eigenvalue weighted by atomic mass is 79.9. The van der Waals surface area contributed by atoms with Crippen molar-refractivity contribution in [2.24, 2.45) is 11.7 Å². The molecule has 0 heterocycles. The fourth-order valence-corrected chi connectivity index (χ4v) is 2.10. The molecule has 1 atom stereocenters. The lowest BCUT2D eigenvalue weighted by Crippen LogP contribution is -2.13. The maximum absolute atomic E-state index is 6.09. The molecule has 1 aromatic rings. The summed E-state index contributed by atoms with van der Waals surface area (Å²) in [7, 11) is 0. The SMILES string of the molecule is Nc1cc(Br)ccc1C(N)CC1CC1. The van der Waals surface area contributed by atoms with Gasteiger partial charge in [0.15, 0.2) is 0 Å². The van der Waals surface area contributed by atoms with Crippen LogP contribution in [-0.2, 0) is 0 Å². The Morgan fingerprint density at radius 1 is 1.43 bits per heavy atom. The van der Waals surface area contributed by atoms with Gasteiger partial charge in [0.25, 0.3) is 0 Å². The molecule has 1 aliphatic rings. The number of hydrogen-bond donors (Lipinski definition) is 2. The molecule has 0 spiro atoms. The van der Waals surface area contributed by atoms with Crippen LogP contribution in [0.5, 0.6) is 0 Å². The lowest BCUT2D eigenvalue weighted by atomic mass is 10.0. The molecule has 1 unspecified atom stereocenters. The molecule has 14 heavy (non-hydrogen) atoms. The van der Waals surface area contributed by atoms with Gasteiger partial charge in [-0.2, -0.15) is 0 Å². The fraction of sp³-hybridized carbons (Fsp3) is 0.455. The summed E-state index contributed by atoms with van der Waals surface area (Å²) < 4.78 is 1.01. The van der Waals surface area contributed by atoms with Gasteiger partial charge in [0.2, 0.25) is 0 Å². The molecule has 1 fully saturated rings. The topological polar surface area (TPSA) is 52.0 Å². The van der Waals surface area contributed by atoms with Gasteiger partial charge in [-0.15, -0.1) is 0 Å². The van der Waals surface area contributed by atoms with Crippen molar-refractivity contribution in [2.45, 2.75) is 25.3 Å². The van der Waals surface area contributed by atoms with Gasteiger partial charge in [-0.1, -0.05) is 34.8 Å². The van der Waals surface area contributed by atoms with Crippen LogP contribution in [0, 0.1) is 5.92 Å². The van der Waals surface area contributed by atoms with E-state index in [9.17, 15) is 0 Å². The van der Waals surface area contributed by atoms with Crippen LogP contribution in [0.1, 0.15) is 30.9 Å². The van der Waals surface area contributed by atoms with E-state index in [1.807, 2.05) is 18.2 Å². The molecule has 0 aliphatic heterocycles. The summed E-state index contributed by atoms with van der Waals surface area (Å²) in [5.74, 6) is 0.841. The first-order valence-corrected chi connectivity index (χ1v) is 5.76. The Morgan fingerprint density at radius 2 is 2.14 bits per heavy atom. The summed E-state index contributed by atoms with van der Waals surface area (Å²) in [5.41, 5.74) is 13.9. The molecule has 4 N–H and O–H groups in total. The van der Waals surface area contributed by atoms with Gasteiger partial charge in [-0.3, -0.25) is 0 Å². The lowest BCUT2D eigenvalue weighted by molar-refractivity contribution is 0.598. The number of hydrogen-bond acceptors (Lipinski definition) is 2. The van der Waals surface area contributed by atoms with Crippen molar-refractivity contribution in [1.29, 1.82) is 0 Å². The van der Waals surface area contributed by atoms with Crippen molar-refractivity contribution in [1.82, 2.24) is 0 Å². The standard InChI is InChI=1S/C11H15BrN2/c12-8-3-4-9(11(14)6-8)10(13)5-7-1-2-7/h3-4,6-7,10H,1-2,5,13-14H2. The smallest absolute Gasteiger partial charge is 0.0373 e. The number of nitrogen functional groups attached to an aromatic ring is 1. The third kappa shape index (κ3) is 2.28. The summed E-state index contributed by atoms with van der Waals surface area (Å²) in [5, 5.41) is 0. The van der Waals surface area contributed by atoms with Crippen LogP contribution in [-0.4, -0.2) is 0 Å². The molecule has 0 saturated heterocycles. The Bertz CT molecular complexity index is 334. The zero-order valence-corrected chi connectivity index (χ0v) is 9.63. The van der Waals surface area contributed by atoms with Crippen molar-refractivity contribution in [2.75, 3.05) is 5.73 Å². The van der Waals surface area contributed by atoms with E-state index in [0.29, 0.717) is 0 Å². The number of rotatable bonds is 3. The monoisotopic (exact) mass is 254 g/mol. The second-order valence-corrected chi connectivity index (χ2v) is 4.97. The Balaban J connectivity index is 2.13. The number of benzene rings is 1. The minimum absolute atomic E-state index is 0.107. The molecule has 2 rings (SSSR count). The zero-order chi connectivity index (χ0) is 10.1. The van der Waals surface area contributed by atoms with Gasteiger partial charge in [0.05, 0.1) is 0 Å². The zero-order valence-electron chi connectivity index (χ0n) is 8.04. The van der Waals surface area contributed by atoms with Crippen molar-refractivity contribution in [3.63, 3.8) is 0 Å². The Hall–Kier alpha value is -0.540. The average molecular weight is 255 g/mol. The van der Waals surface area contributed by atoms with Crippen molar-refractivity contribution in [3.8, 4) is 0 Å². The van der Waals surface area contributed by atoms with E-state index in [4.69, 9.17) is 11.5 Å². The predicted molar refractivity (Wildman–Crippen MR) is 62.8 cm³/mol. The average Bonchev–Trinajstić information content (AvgIpc) is 2.87. The quantitative estimate of drug-likeness (QED) is 0.816. The number of anilines is 1. The molecular weight excluding hydrogens is 240 g/mol. The highest BCUT2D eigenvalue weighted by Gasteiger charge is 2.25. The second-order valence-electron chi connectivity index (χ2n) is 4.06. The normalized spacial score (nSPS) is 18.1. The third-order valence-electron chi connectivity index (χ3n) is 2.73. The first kappa shape index (κ1) is 9.99. The summed E-state index contributed by atoms with van der Waals surface area (Å²) in [4.78, 5) is 0. The molecule has 76 valence electrons. The minimum atomic E-state index is 0.107. The molecule has 0 amide bonds. The van der Waals surface area contributed by atoms with Gasteiger partial charge < -0.3 is 11.5 Å². The largest absolute Gasteiger partial charge is 0.398 e. The van der Waals surface area contributed by atoms with E-state index in [2.05, 4.69) is 15.9 Å². The fourth-order valence-electron chi connectivity index (χ4n) is 1.72. The Labute approximate surface area is 92.8 Å². The van der Waals surface area contributed by atoms with Crippen LogP contribution in [0.25, 0.3) is 0 Å². The van der Waals surface area contributed by atoms with E-state index in [1.165, 1.54) is 12.8 Å². The number of halogens is 1. The van der Waals surface area contributed by atoms with Gasteiger partial charge in [0, 0.05) is 16.2 Å². The Kier molecular flexibility index (Phi) is 2.79. The third-order valence-corrected chi connectivity index (χ3v) is 3.23. The molecule has 0 bridgehead atoms. The maximum Gasteiger partial charge on any atom is 0.0373 e. The van der Waals surface area contributed by atoms with Gasteiger partial charge in [-0.05, 0) is 30.0 Å². The predicted octanol–water partition coefficient (Wildman–Crippen LogP) is 2.83. The van der Waals surface area contributed by atoms with Crippen molar-refractivity contribution >= 4 is 21.6 Å². The van der Waals surface area contributed by atoms with Gasteiger partial charge in [0.1, 0.15) is 0 Å².